The minimum atomic E-state index is -1.18. The molecule has 1 N–H and O–H groups in total. The zero-order valence-corrected chi connectivity index (χ0v) is 17.9. The van der Waals surface area contributed by atoms with Crippen LogP contribution in [0.1, 0.15) is 26.5 Å². The van der Waals surface area contributed by atoms with Crippen LogP contribution in [-0.4, -0.2) is 58.9 Å². The number of furan rings is 1. The van der Waals surface area contributed by atoms with Gasteiger partial charge in [0.15, 0.2) is 0 Å². The molecular weight excluding hydrogens is 446 g/mol. The molecule has 0 aliphatic carbocycles. The second-order valence-electron chi connectivity index (χ2n) is 6.15. The number of aliphatic carboxylic acids is 1. The summed E-state index contributed by atoms with van der Waals surface area (Å²) >= 11 is 6.02. The van der Waals surface area contributed by atoms with E-state index in [1.54, 1.807) is 12.1 Å². The zero-order valence-electron chi connectivity index (χ0n) is 16.2. The van der Waals surface area contributed by atoms with Gasteiger partial charge in [-0.1, -0.05) is 24.0 Å². The molecule has 0 bridgehead atoms. The van der Waals surface area contributed by atoms with E-state index in [0.29, 0.717) is 17.1 Å². The van der Waals surface area contributed by atoms with Crippen LogP contribution >= 0.6 is 24.0 Å². The Morgan fingerprint density at radius 2 is 1.74 bits per heavy atom. The fourth-order valence-corrected chi connectivity index (χ4v) is 3.96. The first-order valence-corrected chi connectivity index (χ1v) is 9.85. The van der Waals surface area contributed by atoms with Crippen LogP contribution in [0.3, 0.4) is 0 Å². The maximum Gasteiger partial charge on any atom is 0.337 e. The highest BCUT2D eigenvalue weighted by Crippen LogP contribution is 2.33. The first-order chi connectivity index (χ1) is 14.7. The molecule has 160 valence electrons. The van der Waals surface area contributed by atoms with Gasteiger partial charge in [-0.15, -0.1) is 0 Å². The van der Waals surface area contributed by atoms with Crippen molar-refractivity contribution in [2.24, 2.45) is 0 Å². The molecule has 0 unspecified atom stereocenters. The number of rotatable bonds is 6. The molecule has 0 radical (unpaired) electrons. The van der Waals surface area contributed by atoms with Crippen LogP contribution in [0.2, 0.25) is 0 Å². The van der Waals surface area contributed by atoms with E-state index in [4.69, 9.17) is 31.2 Å². The molecule has 1 aromatic heterocycles. The summed E-state index contributed by atoms with van der Waals surface area (Å²) in [6.07, 6.45) is 1.44. The number of hydrogen-bond acceptors (Lipinski definition) is 9. The third kappa shape index (κ3) is 4.84. The van der Waals surface area contributed by atoms with Crippen LogP contribution in [0.5, 0.6) is 0 Å². The number of thiocarbonyl (C=S) groups is 1. The molecule has 31 heavy (non-hydrogen) atoms. The number of benzene rings is 1. The molecule has 1 amide bonds. The van der Waals surface area contributed by atoms with Crippen molar-refractivity contribution in [2.75, 3.05) is 20.8 Å². The lowest BCUT2D eigenvalue weighted by atomic mass is 10.0. The van der Waals surface area contributed by atoms with Crippen molar-refractivity contribution >= 4 is 58.2 Å². The molecule has 2 heterocycles. The van der Waals surface area contributed by atoms with E-state index in [1.165, 1.54) is 38.5 Å². The molecule has 0 atom stereocenters. The summed E-state index contributed by atoms with van der Waals surface area (Å²) in [6, 6.07) is 7.52. The minimum Gasteiger partial charge on any atom is -0.480 e. The number of esters is 2. The third-order valence-corrected chi connectivity index (χ3v) is 5.50. The Bertz CT molecular complexity index is 1100. The van der Waals surface area contributed by atoms with Crippen molar-refractivity contribution in [1.29, 1.82) is 0 Å². The number of nitrogens with zero attached hydrogens (tertiary/aromatic N) is 1. The summed E-state index contributed by atoms with van der Waals surface area (Å²) in [6.45, 7) is -0.526. The van der Waals surface area contributed by atoms with Gasteiger partial charge in [0.25, 0.3) is 5.91 Å². The van der Waals surface area contributed by atoms with Crippen molar-refractivity contribution in [2.45, 2.75) is 0 Å². The number of thioether (sulfide) groups is 1. The number of carboxylic acid groups (broad SMARTS) is 1. The number of ether oxygens (including phenoxy) is 2. The molecule has 0 saturated carbocycles. The smallest absolute Gasteiger partial charge is 0.337 e. The molecule has 11 heteroatoms. The Labute approximate surface area is 185 Å². The normalized spacial score (nSPS) is 14.8. The van der Waals surface area contributed by atoms with Crippen LogP contribution < -0.4 is 0 Å². The van der Waals surface area contributed by atoms with Gasteiger partial charge in [-0.05, 0) is 30.3 Å². The standard InChI is InChI=1S/C20H15NO8S2/c1-27-18(25)11-5-10(6-12(7-11)19(26)28-2)14-4-3-13(29-14)8-15-17(24)21(9-16(22)23)20(30)31-15/h3-8H,9H2,1-2H3,(H,22,23). The van der Waals surface area contributed by atoms with Crippen molar-refractivity contribution in [3.8, 4) is 11.3 Å². The van der Waals surface area contributed by atoms with E-state index in [1.807, 2.05) is 0 Å². The molecular formula is C20H15NO8S2. The lowest BCUT2D eigenvalue weighted by molar-refractivity contribution is -0.140. The van der Waals surface area contributed by atoms with Crippen LogP contribution in [-0.2, 0) is 19.1 Å². The van der Waals surface area contributed by atoms with Crippen LogP contribution in [0.4, 0.5) is 0 Å². The summed E-state index contributed by atoms with van der Waals surface area (Å²) < 4.78 is 15.3. The third-order valence-electron chi connectivity index (χ3n) is 4.13. The summed E-state index contributed by atoms with van der Waals surface area (Å²) in [4.78, 5) is 48.4. The fourth-order valence-electron chi connectivity index (χ4n) is 2.73. The van der Waals surface area contributed by atoms with E-state index in [9.17, 15) is 19.2 Å². The Hall–Kier alpha value is -3.44. The highest BCUT2D eigenvalue weighted by Gasteiger charge is 2.33. The highest BCUT2D eigenvalue weighted by atomic mass is 32.2. The molecule has 1 aliphatic rings. The summed E-state index contributed by atoms with van der Waals surface area (Å²) in [7, 11) is 2.44. The van der Waals surface area contributed by atoms with E-state index >= 15 is 0 Å². The second-order valence-corrected chi connectivity index (χ2v) is 7.82. The molecule has 1 fully saturated rings. The number of carbonyl (C=O) groups is 4. The van der Waals surface area contributed by atoms with E-state index in [0.717, 1.165) is 16.7 Å². The maximum atomic E-state index is 12.4. The Kier molecular flexibility index (Phi) is 6.56. The molecule has 1 saturated heterocycles. The maximum absolute atomic E-state index is 12.4. The van der Waals surface area contributed by atoms with Gasteiger partial charge in [-0.25, -0.2) is 9.59 Å². The second kappa shape index (κ2) is 9.14. The van der Waals surface area contributed by atoms with Gasteiger partial charge in [0.05, 0.1) is 30.3 Å². The number of carbonyl (C=O) groups excluding carboxylic acids is 3. The number of hydrogen-bond donors (Lipinski definition) is 1. The summed E-state index contributed by atoms with van der Waals surface area (Å²) in [5, 5.41) is 8.91. The van der Waals surface area contributed by atoms with Crippen LogP contribution in [0.15, 0.2) is 39.7 Å². The SMILES string of the molecule is COC(=O)c1cc(C(=O)OC)cc(-c2ccc(C=C3SC(=S)N(CC(=O)O)C3=O)o2)c1. The van der Waals surface area contributed by atoms with Crippen molar-refractivity contribution in [1.82, 2.24) is 4.90 Å². The highest BCUT2D eigenvalue weighted by molar-refractivity contribution is 8.26. The quantitative estimate of drug-likeness (QED) is 0.390. The monoisotopic (exact) mass is 461 g/mol. The molecule has 1 aromatic carbocycles. The fraction of sp³-hybridized carbons (Fsp3) is 0.150. The number of amides is 1. The largest absolute Gasteiger partial charge is 0.480 e. The molecule has 3 rings (SSSR count). The molecule has 0 spiro atoms. The van der Waals surface area contributed by atoms with Crippen molar-refractivity contribution < 1.29 is 38.2 Å². The van der Waals surface area contributed by atoms with Gasteiger partial charge in [0.2, 0.25) is 0 Å². The van der Waals surface area contributed by atoms with Crippen LogP contribution in [0.25, 0.3) is 17.4 Å². The Morgan fingerprint density at radius 3 is 2.29 bits per heavy atom. The van der Waals surface area contributed by atoms with Gasteiger partial charge in [-0.3, -0.25) is 14.5 Å². The molecule has 9 nitrogen and oxygen atoms in total. The first-order valence-electron chi connectivity index (χ1n) is 8.62. The van der Waals surface area contributed by atoms with E-state index in [2.05, 4.69) is 0 Å². The minimum absolute atomic E-state index is 0.132. The van der Waals surface area contributed by atoms with Gasteiger partial charge in [-0.2, -0.15) is 0 Å². The van der Waals surface area contributed by atoms with Gasteiger partial charge < -0.3 is 19.0 Å². The number of methoxy groups -OCH3 is 2. The van der Waals surface area contributed by atoms with Gasteiger partial charge >= 0.3 is 17.9 Å². The molecule has 2 aromatic rings. The van der Waals surface area contributed by atoms with Gasteiger partial charge in [0.1, 0.15) is 22.4 Å². The average molecular weight is 461 g/mol. The Balaban J connectivity index is 1.93. The Morgan fingerprint density at radius 1 is 1.13 bits per heavy atom. The lowest BCUT2D eigenvalue weighted by Gasteiger charge is -2.09. The molecule has 1 aliphatic heterocycles. The van der Waals surface area contributed by atoms with E-state index in [-0.39, 0.29) is 20.4 Å². The average Bonchev–Trinajstić information content (AvgIpc) is 3.32. The lowest BCUT2D eigenvalue weighted by Crippen LogP contribution is -2.33. The summed E-state index contributed by atoms with van der Waals surface area (Å²) in [5.74, 6) is -2.36. The predicted molar refractivity (Wildman–Crippen MR) is 114 cm³/mol. The zero-order chi connectivity index (χ0) is 22.7. The van der Waals surface area contributed by atoms with E-state index < -0.39 is 30.4 Å². The topological polar surface area (TPSA) is 123 Å². The predicted octanol–water partition coefficient (Wildman–Crippen LogP) is 2.81. The number of carboxylic acids is 1. The summed E-state index contributed by atoms with van der Waals surface area (Å²) in [5.41, 5.74) is 0.683. The van der Waals surface area contributed by atoms with Gasteiger partial charge in [0, 0.05) is 11.6 Å². The van der Waals surface area contributed by atoms with Crippen molar-refractivity contribution in [3.05, 3.63) is 52.1 Å². The van der Waals surface area contributed by atoms with Crippen molar-refractivity contribution in [3.63, 3.8) is 0 Å². The van der Waals surface area contributed by atoms with Crippen LogP contribution in [0, 0.1) is 0 Å². The first kappa shape index (κ1) is 22.2.